The van der Waals surface area contributed by atoms with Gasteiger partial charge in [0.05, 0.1) is 0 Å². The van der Waals surface area contributed by atoms with Gasteiger partial charge < -0.3 is 20.1 Å². The third-order valence-corrected chi connectivity index (χ3v) is 2.89. The van der Waals surface area contributed by atoms with E-state index in [0.29, 0.717) is 10.9 Å². The second kappa shape index (κ2) is 6.54. The third kappa shape index (κ3) is 3.82. The smallest absolute Gasteiger partial charge is 0.423 e. The maximum absolute atomic E-state index is 9.11. The van der Waals surface area contributed by atoms with Crippen molar-refractivity contribution in [3.63, 3.8) is 0 Å². The lowest BCUT2D eigenvalue weighted by Crippen LogP contribution is -2.29. The Morgan fingerprint density at radius 3 is 1.40 bits per heavy atom. The van der Waals surface area contributed by atoms with Gasteiger partial charge in [-0.15, -0.1) is 0 Å². The van der Waals surface area contributed by atoms with E-state index < -0.39 is 14.2 Å². The molecule has 2 aromatic carbocycles. The summed E-state index contributed by atoms with van der Waals surface area (Å²) in [7, 11) is -2.98. The molecule has 100 valence electrons. The summed E-state index contributed by atoms with van der Waals surface area (Å²) >= 11 is 0. The number of hydrogen-bond donors (Lipinski definition) is 4. The Hall–Kier alpha value is -1.85. The third-order valence-electron chi connectivity index (χ3n) is 2.89. The molecule has 0 bridgehead atoms. The van der Waals surface area contributed by atoms with Crippen LogP contribution in [0.25, 0.3) is 12.2 Å². The van der Waals surface area contributed by atoms with Gasteiger partial charge in [-0.25, -0.2) is 0 Å². The van der Waals surface area contributed by atoms with Gasteiger partial charge in [0.15, 0.2) is 0 Å². The molecule has 20 heavy (non-hydrogen) atoms. The summed E-state index contributed by atoms with van der Waals surface area (Å²) in [5.41, 5.74) is 2.49. The monoisotopic (exact) mass is 268 g/mol. The molecule has 0 saturated carbocycles. The van der Waals surface area contributed by atoms with Crippen molar-refractivity contribution in [2.45, 2.75) is 0 Å². The molecule has 6 heteroatoms. The zero-order chi connectivity index (χ0) is 14.5. The first-order chi connectivity index (χ1) is 9.56. The van der Waals surface area contributed by atoms with Crippen LogP contribution in [0.15, 0.2) is 48.5 Å². The molecular formula is C14H14B2O4. The maximum atomic E-state index is 9.11. The zero-order valence-corrected chi connectivity index (χ0v) is 10.7. The van der Waals surface area contributed by atoms with Crippen LogP contribution >= 0.6 is 0 Å². The van der Waals surface area contributed by atoms with Gasteiger partial charge in [-0.1, -0.05) is 60.7 Å². The van der Waals surface area contributed by atoms with E-state index in [2.05, 4.69) is 0 Å². The molecule has 4 N–H and O–H groups in total. The van der Waals surface area contributed by atoms with Crippen LogP contribution in [-0.4, -0.2) is 34.3 Å². The summed E-state index contributed by atoms with van der Waals surface area (Å²) in [6.07, 6.45) is 3.63. The maximum Gasteiger partial charge on any atom is 0.488 e. The molecule has 0 aromatic heterocycles. The molecule has 0 heterocycles. The van der Waals surface area contributed by atoms with Gasteiger partial charge in [-0.2, -0.15) is 0 Å². The van der Waals surface area contributed by atoms with Crippen LogP contribution in [-0.2, 0) is 0 Å². The van der Waals surface area contributed by atoms with E-state index in [0.717, 1.165) is 11.1 Å². The van der Waals surface area contributed by atoms with Crippen molar-refractivity contribution in [1.29, 1.82) is 0 Å². The summed E-state index contributed by atoms with van der Waals surface area (Å²) in [6.45, 7) is 0. The van der Waals surface area contributed by atoms with Crippen LogP contribution in [0.3, 0.4) is 0 Å². The predicted octanol–water partition coefficient (Wildman–Crippen LogP) is -0.783. The van der Waals surface area contributed by atoms with Gasteiger partial charge in [0.25, 0.3) is 0 Å². The normalized spacial score (nSPS) is 10.8. The summed E-state index contributed by atoms with van der Waals surface area (Å²) < 4.78 is 0. The highest BCUT2D eigenvalue weighted by molar-refractivity contribution is 6.59. The Morgan fingerprint density at radius 2 is 1.05 bits per heavy atom. The fourth-order valence-electron chi connectivity index (χ4n) is 1.84. The van der Waals surface area contributed by atoms with Crippen molar-refractivity contribution < 1.29 is 20.1 Å². The minimum atomic E-state index is -1.49. The fourth-order valence-corrected chi connectivity index (χ4v) is 1.84. The highest BCUT2D eigenvalue weighted by atomic mass is 16.4. The van der Waals surface area contributed by atoms with Crippen molar-refractivity contribution in [3.8, 4) is 0 Å². The first-order valence-electron chi connectivity index (χ1n) is 6.16. The average Bonchev–Trinajstić information content (AvgIpc) is 2.45. The molecule has 0 radical (unpaired) electrons. The van der Waals surface area contributed by atoms with Gasteiger partial charge in [0, 0.05) is 0 Å². The SMILES string of the molecule is OB(O)c1cccc(C=Cc2cccc(B(O)O)c2)c1. The van der Waals surface area contributed by atoms with E-state index in [-0.39, 0.29) is 0 Å². The second-order valence-corrected chi connectivity index (χ2v) is 4.42. The van der Waals surface area contributed by atoms with Crippen LogP contribution in [0, 0.1) is 0 Å². The van der Waals surface area contributed by atoms with E-state index in [1.54, 1.807) is 36.4 Å². The number of rotatable bonds is 4. The Labute approximate surface area is 117 Å². The Bertz CT molecular complexity index is 558. The molecule has 0 saturated heterocycles. The largest absolute Gasteiger partial charge is 0.488 e. The van der Waals surface area contributed by atoms with Crippen molar-refractivity contribution in [2.24, 2.45) is 0 Å². The number of hydrogen-bond acceptors (Lipinski definition) is 4. The minimum absolute atomic E-state index is 0.423. The molecule has 0 amide bonds. The van der Waals surface area contributed by atoms with Crippen molar-refractivity contribution in [3.05, 3.63) is 59.7 Å². The Morgan fingerprint density at radius 1 is 0.650 bits per heavy atom. The van der Waals surface area contributed by atoms with Gasteiger partial charge in [0.2, 0.25) is 0 Å². The van der Waals surface area contributed by atoms with Gasteiger partial charge in [-0.3, -0.25) is 0 Å². The molecule has 0 aliphatic carbocycles. The highest BCUT2D eigenvalue weighted by Crippen LogP contribution is 2.06. The van der Waals surface area contributed by atoms with Crippen LogP contribution in [0.4, 0.5) is 0 Å². The first-order valence-corrected chi connectivity index (χ1v) is 6.16. The predicted molar refractivity (Wildman–Crippen MR) is 81.5 cm³/mol. The highest BCUT2D eigenvalue weighted by Gasteiger charge is 2.10. The molecule has 2 rings (SSSR count). The fraction of sp³-hybridized carbons (Fsp3) is 0. The molecule has 4 nitrogen and oxygen atoms in total. The molecule has 0 unspecified atom stereocenters. The number of benzene rings is 2. The van der Waals surface area contributed by atoms with Gasteiger partial charge >= 0.3 is 14.2 Å². The average molecular weight is 268 g/mol. The molecule has 2 aromatic rings. The van der Waals surface area contributed by atoms with E-state index >= 15 is 0 Å². The quantitative estimate of drug-likeness (QED) is 0.433. The molecular weight excluding hydrogens is 254 g/mol. The van der Waals surface area contributed by atoms with E-state index in [1.165, 1.54) is 0 Å². The van der Waals surface area contributed by atoms with Crippen LogP contribution in [0.2, 0.25) is 0 Å². The van der Waals surface area contributed by atoms with Crippen LogP contribution < -0.4 is 10.9 Å². The van der Waals surface area contributed by atoms with Crippen molar-refractivity contribution in [1.82, 2.24) is 0 Å². The van der Waals surface area contributed by atoms with E-state index in [9.17, 15) is 0 Å². The molecule has 0 aliphatic heterocycles. The lowest BCUT2D eigenvalue weighted by Gasteiger charge is -2.02. The van der Waals surface area contributed by atoms with Crippen LogP contribution in [0.1, 0.15) is 11.1 Å². The van der Waals surface area contributed by atoms with Gasteiger partial charge in [-0.05, 0) is 22.1 Å². The minimum Gasteiger partial charge on any atom is -0.423 e. The summed E-state index contributed by atoms with van der Waals surface area (Å²) in [4.78, 5) is 0. The van der Waals surface area contributed by atoms with Gasteiger partial charge in [0.1, 0.15) is 0 Å². The standard InChI is InChI=1S/C14H14B2O4/c17-15(18)13-5-1-3-11(9-13)7-8-12-4-2-6-14(10-12)16(19)20/h1-10,17-20H. The summed E-state index contributed by atoms with van der Waals surface area (Å²) in [5.74, 6) is 0. The molecule has 0 aliphatic rings. The van der Waals surface area contributed by atoms with E-state index in [1.807, 2.05) is 24.3 Å². The van der Waals surface area contributed by atoms with Crippen molar-refractivity contribution >= 4 is 37.3 Å². The summed E-state index contributed by atoms with van der Waals surface area (Å²) in [6, 6.07) is 13.8. The van der Waals surface area contributed by atoms with Crippen LogP contribution in [0.5, 0.6) is 0 Å². The van der Waals surface area contributed by atoms with E-state index in [4.69, 9.17) is 20.1 Å². The topological polar surface area (TPSA) is 80.9 Å². The zero-order valence-electron chi connectivity index (χ0n) is 10.7. The molecule has 0 spiro atoms. The Kier molecular flexibility index (Phi) is 4.76. The lowest BCUT2D eigenvalue weighted by molar-refractivity contribution is 0.424. The molecule has 0 fully saturated rings. The Balaban J connectivity index is 2.21. The lowest BCUT2D eigenvalue weighted by atomic mass is 9.79. The second-order valence-electron chi connectivity index (χ2n) is 4.42. The summed E-state index contributed by atoms with van der Waals surface area (Å²) in [5, 5.41) is 36.4. The first kappa shape index (κ1) is 14.6. The van der Waals surface area contributed by atoms with Crippen molar-refractivity contribution in [2.75, 3.05) is 0 Å². The molecule has 0 atom stereocenters.